The van der Waals surface area contributed by atoms with Crippen molar-refractivity contribution in [1.82, 2.24) is 9.97 Å². The van der Waals surface area contributed by atoms with Crippen molar-refractivity contribution in [2.24, 2.45) is 0 Å². The molecule has 2 aromatic heterocycles. The quantitative estimate of drug-likeness (QED) is 0.863. The molecule has 6 heteroatoms. The van der Waals surface area contributed by atoms with E-state index in [1.165, 1.54) is 6.20 Å². The molecule has 5 nitrogen and oxygen atoms in total. The molecule has 0 saturated heterocycles. The second-order valence-corrected chi connectivity index (χ2v) is 3.16. The number of nitrogens with two attached hydrogens (primary N) is 1. The Bertz CT molecular complexity index is 445. The predicted molar refractivity (Wildman–Crippen MR) is 54.5 cm³/mol. The first-order valence-corrected chi connectivity index (χ1v) is 4.56. The number of hydrogen-bond acceptors (Lipinski definition) is 5. The number of nitrogen functional groups attached to an aromatic ring is 1. The highest BCUT2D eigenvalue weighted by Crippen LogP contribution is 2.21. The largest absolute Gasteiger partial charge is 0.468 e. The summed E-state index contributed by atoms with van der Waals surface area (Å²) < 4.78 is 10.4. The number of hydrogen-bond donors (Lipinski definition) is 1. The third-order valence-electron chi connectivity index (χ3n) is 1.66. The highest BCUT2D eigenvalue weighted by Gasteiger charge is 2.06. The molecule has 15 heavy (non-hydrogen) atoms. The van der Waals surface area contributed by atoms with Crippen LogP contribution < -0.4 is 10.5 Å². The van der Waals surface area contributed by atoms with Gasteiger partial charge in [0.1, 0.15) is 17.4 Å². The van der Waals surface area contributed by atoms with E-state index in [-0.39, 0.29) is 18.4 Å². The van der Waals surface area contributed by atoms with Gasteiger partial charge in [-0.2, -0.15) is 4.98 Å². The molecule has 2 rings (SSSR count). The van der Waals surface area contributed by atoms with E-state index in [0.717, 1.165) is 0 Å². The van der Waals surface area contributed by atoms with Crippen molar-refractivity contribution in [3.63, 3.8) is 0 Å². The number of nitrogens with zero attached hydrogens (tertiary/aromatic N) is 2. The van der Waals surface area contributed by atoms with E-state index in [2.05, 4.69) is 9.97 Å². The highest BCUT2D eigenvalue weighted by molar-refractivity contribution is 6.31. The van der Waals surface area contributed by atoms with Gasteiger partial charge in [0.15, 0.2) is 0 Å². The van der Waals surface area contributed by atoms with Gasteiger partial charge in [0.25, 0.3) is 0 Å². The van der Waals surface area contributed by atoms with E-state index in [1.54, 1.807) is 18.4 Å². The molecule has 0 bridgehead atoms. The van der Waals surface area contributed by atoms with E-state index in [9.17, 15) is 0 Å². The zero-order valence-corrected chi connectivity index (χ0v) is 8.44. The molecule has 2 N–H and O–H groups in total. The normalized spacial score (nSPS) is 10.2. The lowest BCUT2D eigenvalue weighted by molar-refractivity contribution is 0.261. The molecule has 0 amide bonds. The number of rotatable bonds is 3. The topological polar surface area (TPSA) is 74.2 Å². The zero-order valence-electron chi connectivity index (χ0n) is 7.68. The van der Waals surface area contributed by atoms with Crippen LogP contribution in [0.15, 0.2) is 29.0 Å². The van der Waals surface area contributed by atoms with Gasteiger partial charge in [0.05, 0.1) is 12.5 Å². The van der Waals surface area contributed by atoms with Crippen molar-refractivity contribution in [3.05, 3.63) is 35.4 Å². The fourth-order valence-electron chi connectivity index (χ4n) is 1.000. The van der Waals surface area contributed by atoms with Gasteiger partial charge in [-0.05, 0) is 12.1 Å². The van der Waals surface area contributed by atoms with Crippen LogP contribution in [0.4, 0.5) is 5.95 Å². The van der Waals surface area contributed by atoms with E-state index in [4.69, 9.17) is 26.5 Å². The second-order valence-electron chi connectivity index (χ2n) is 2.75. The molecule has 0 radical (unpaired) electrons. The molecule has 0 aromatic carbocycles. The average Bonchev–Trinajstić information content (AvgIpc) is 2.72. The molecule has 0 aliphatic heterocycles. The minimum absolute atomic E-state index is 0.119. The van der Waals surface area contributed by atoms with Gasteiger partial charge in [-0.25, -0.2) is 4.98 Å². The Morgan fingerprint density at radius 2 is 2.40 bits per heavy atom. The number of furan rings is 1. The Morgan fingerprint density at radius 1 is 1.53 bits per heavy atom. The summed E-state index contributed by atoms with van der Waals surface area (Å²) in [6, 6.07) is 3.56. The number of ether oxygens (including phenoxy) is 1. The van der Waals surface area contributed by atoms with Crippen LogP contribution in [0.1, 0.15) is 5.76 Å². The molecule has 2 aromatic rings. The molecule has 0 unspecified atom stereocenters. The average molecular weight is 226 g/mol. The fraction of sp³-hybridized carbons (Fsp3) is 0.111. The molecule has 0 fully saturated rings. The lowest BCUT2D eigenvalue weighted by Gasteiger charge is -2.04. The zero-order chi connectivity index (χ0) is 10.7. The molecule has 0 atom stereocenters. The lowest BCUT2D eigenvalue weighted by Crippen LogP contribution is -2.00. The molecular formula is C9H8ClN3O2. The maximum atomic E-state index is 5.80. The maximum Gasteiger partial charge on any atom is 0.237 e. The standard InChI is InChI=1S/C9H8ClN3O2/c10-7-4-12-9(11)13-8(7)15-5-6-2-1-3-14-6/h1-4H,5H2,(H2,11,12,13). The maximum absolute atomic E-state index is 5.80. The van der Waals surface area contributed by atoms with Crippen LogP contribution in [0.3, 0.4) is 0 Å². The summed E-state index contributed by atoms with van der Waals surface area (Å²) in [6.45, 7) is 0.253. The Balaban J connectivity index is 2.07. The third kappa shape index (κ3) is 2.38. The SMILES string of the molecule is Nc1ncc(Cl)c(OCc2ccco2)n1. The third-order valence-corrected chi connectivity index (χ3v) is 1.92. The van der Waals surface area contributed by atoms with Crippen LogP contribution in [0.25, 0.3) is 0 Å². The Labute approximate surface area is 90.8 Å². The first-order chi connectivity index (χ1) is 7.25. The minimum atomic E-state index is 0.119. The summed E-state index contributed by atoms with van der Waals surface area (Å²) in [6.07, 6.45) is 2.95. The summed E-state index contributed by atoms with van der Waals surface area (Å²) >= 11 is 5.80. The lowest BCUT2D eigenvalue weighted by atomic mass is 10.5. The van der Waals surface area contributed by atoms with Gasteiger partial charge < -0.3 is 14.9 Å². The molecule has 0 aliphatic carbocycles. The van der Waals surface area contributed by atoms with Crippen LogP contribution in [0.2, 0.25) is 5.02 Å². The van der Waals surface area contributed by atoms with E-state index in [1.807, 2.05) is 0 Å². The first-order valence-electron chi connectivity index (χ1n) is 4.19. The predicted octanol–water partition coefficient (Wildman–Crippen LogP) is 1.88. The van der Waals surface area contributed by atoms with Crippen molar-refractivity contribution in [1.29, 1.82) is 0 Å². The molecular weight excluding hydrogens is 218 g/mol. The monoisotopic (exact) mass is 225 g/mol. The van der Waals surface area contributed by atoms with Gasteiger partial charge >= 0.3 is 0 Å². The number of halogens is 1. The van der Waals surface area contributed by atoms with E-state index >= 15 is 0 Å². The van der Waals surface area contributed by atoms with Crippen LogP contribution >= 0.6 is 11.6 Å². The number of anilines is 1. The number of aromatic nitrogens is 2. The first kappa shape index (κ1) is 9.79. The Morgan fingerprint density at radius 3 is 3.13 bits per heavy atom. The van der Waals surface area contributed by atoms with Crippen LogP contribution in [-0.4, -0.2) is 9.97 Å². The summed E-state index contributed by atoms with van der Waals surface area (Å²) in [5.41, 5.74) is 5.39. The Hall–Kier alpha value is -1.75. The summed E-state index contributed by atoms with van der Waals surface area (Å²) in [4.78, 5) is 7.56. The van der Waals surface area contributed by atoms with Crippen LogP contribution in [0, 0.1) is 0 Å². The van der Waals surface area contributed by atoms with Crippen molar-refractivity contribution in [2.45, 2.75) is 6.61 Å². The molecule has 0 saturated carbocycles. The molecule has 2 heterocycles. The summed E-state index contributed by atoms with van der Waals surface area (Å²) in [7, 11) is 0. The highest BCUT2D eigenvalue weighted by atomic mass is 35.5. The summed E-state index contributed by atoms with van der Waals surface area (Å²) in [5, 5.41) is 0.316. The van der Waals surface area contributed by atoms with Crippen LogP contribution in [0.5, 0.6) is 5.88 Å². The van der Waals surface area contributed by atoms with Crippen molar-refractivity contribution in [2.75, 3.05) is 5.73 Å². The smallest absolute Gasteiger partial charge is 0.237 e. The van der Waals surface area contributed by atoms with Crippen molar-refractivity contribution in [3.8, 4) is 5.88 Å². The second kappa shape index (κ2) is 4.18. The van der Waals surface area contributed by atoms with E-state index < -0.39 is 0 Å². The Kier molecular flexibility index (Phi) is 2.73. The van der Waals surface area contributed by atoms with E-state index in [0.29, 0.717) is 10.8 Å². The van der Waals surface area contributed by atoms with Crippen molar-refractivity contribution >= 4 is 17.5 Å². The van der Waals surface area contributed by atoms with Gasteiger partial charge in [-0.15, -0.1) is 0 Å². The summed E-state index contributed by atoms with van der Waals surface area (Å²) in [5.74, 6) is 1.05. The molecule has 0 spiro atoms. The van der Waals surface area contributed by atoms with Gasteiger partial charge in [0, 0.05) is 0 Å². The van der Waals surface area contributed by atoms with Crippen molar-refractivity contribution < 1.29 is 9.15 Å². The molecule has 0 aliphatic rings. The minimum Gasteiger partial charge on any atom is -0.468 e. The van der Waals surface area contributed by atoms with Gasteiger partial charge in [-0.1, -0.05) is 11.6 Å². The van der Waals surface area contributed by atoms with Gasteiger partial charge in [-0.3, -0.25) is 0 Å². The fourth-order valence-corrected chi connectivity index (χ4v) is 1.15. The molecule has 78 valence electrons. The van der Waals surface area contributed by atoms with Crippen LogP contribution in [-0.2, 0) is 6.61 Å². The van der Waals surface area contributed by atoms with Gasteiger partial charge in [0.2, 0.25) is 11.8 Å².